The summed E-state index contributed by atoms with van der Waals surface area (Å²) >= 11 is 2.01. The van der Waals surface area contributed by atoms with Crippen LogP contribution in [0.5, 0.6) is 0 Å². The summed E-state index contributed by atoms with van der Waals surface area (Å²) in [6, 6.07) is 8.98. The molecule has 0 aromatic heterocycles. The van der Waals surface area contributed by atoms with E-state index in [2.05, 4.69) is 31.2 Å². The van der Waals surface area contributed by atoms with Crippen LogP contribution < -0.4 is 5.73 Å². The zero-order chi connectivity index (χ0) is 12.8. The van der Waals surface area contributed by atoms with Crippen LogP contribution in [0.4, 0.5) is 0 Å². The molecular formula is C15H23NOS. The minimum atomic E-state index is 0.279. The molecule has 3 heteroatoms. The lowest BCUT2D eigenvalue weighted by atomic mass is 10.1. The Hall–Kier alpha value is -0.510. The summed E-state index contributed by atoms with van der Waals surface area (Å²) in [6.07, 6.45) is 4.36. The first-order valence-electron chi connectivity index (χ1n) is 6.87. The molecule has 1 aliphatic rings. The molecule has 1 fully saturated rings. The molecule has 1 aliphatic heterocycles. The third kappa shape index (κ3) is 4.01. The zero-order valence-corrected chi connectivity index (χ0v) is 11.9. The fraction of sp³-hybridized carbons (Fsp3) is 0.600. The van der Waals surface area contributed by atoms with Crippen LogP contribution in [0, 0.1) is 0 Å². The van der Waals surface area contributed by atoms with E-state index < -0.39 is 0 Å². The maximum atomic E-state index is 6.08. The van der Waals surface area contributed by atoms with Gasteiger partial charge in [0.05, 0.1) is 0 Å². The average molecular weight is 265 g/mol. The number of hydrogen-bond donors (Lipinski definition) is 1. The van der Waals surface area contributed by atoms with Gasteiger partial charge in [-0.1, -0.05) is 25.1 Å². The molecule has 1 atom stereocenters. The van der Waals surface area contributed by atoms with Gasteiger partial charge in [-0.2, -0.15) is 0 Å². The smallest absolute Gasteiger partial charge is 0.0476 e. The second kappa shape index (κ2) is 7.17. The van der Waals surface area contributed by atoms with Crippen molar-refractivity contribution in [2.75, 3.05) is 13.2 Å². The molecule has 0 saturated carbocycles. The molecule has 0 amide bonds. The van der Waals surface area contributed by atoms with Gasteiger partial charge in [0.15, 0.2) is 0 Å². The van der Waals surface area contributed by atoms with Gasteiger partial charge in [-0.05, 0) is 37.3 Å². The fourth-order valence-corrected chi connectivity index (χ4v) is 3.43. The van der Waals surface area contributed by atoms with Crippen molar-refractivity contribution in [1.29, 1.82) is 0 Å². The van der Waals surface area contributed by atoms with Crippen molar-refractivity contribution in [3.05, 3.63) is 29.8 Å². The van der Waals surface area contributed by atoms with Crippen LogP contribution in [0.2, 0.25) is 0 Å². The van der Waals surface area contributed by atoms with Crippen LogP contribution in [-0.2, 0) is 11.2 Å². The van der Waals surface area contributed by atoms with E-state index in [1.54, 1.807) is 0 Å². The molecule has 2 nitrogen and oxygen atoms in total. The van der Waals surface area contributed by atoms with E-state index in [0.29, 0.717) is 5.25 Å². The lowest BCUT2D eigenvalue weighted by Crippen LogP contribution is -2.22. The van der Waals surface area contributed by atoms with Gasteiger partial charge in [-0.15, -0.1) is 11.8 Å². The standard InChI is InChI=1S/C15H23NOS/c1-2-13(16)11-12-5-3-4-6-15(12)18-14-7-9-17-10-8-14/h3-6,13-14H,2,7-11,16H2,1H3. The number of nitrogens with two attached hydrogens (primary N) is 1. The first-order chi connectivity index (χ1) is 8.79. The summed E-state index contributed by atoms with van der Waals surface area (Å²) in [5.41, 5.74) is 7.48. The Morgan fingerprint density at radius 3 is 2.78 bits per heavy atom. The number of thioether (sulfide) groups is 1. The highest BCUT2D eigenvalue weighted by Gasteiger charge is 2.16. The summed E-state index contributed by atoms with van der Waals surface area (Å²) in [5, 5.41) is 0.706. The van der Waals surface area contributed by atoms with Gasteiger partial charge < -0.3 is 10.5 Å². The second-order valence-corrected chi connectivity index (χ2v) is 6.25. The van der Waals surface area contributed by atoms with Gasteiger partial charge in [0.25, 0.3) is 0 Å². The molecule has 1 aromatic rings. The van der Waals surface area contributed by atoms with E-state index in [4.69, 9.17) is 10.5 Å². The molecule has 1 aromatic carbocycles. The quantitative estimate of drug-likeness (QED) is 0.887. The van der Waals surface area contributed by atoms with E-state index in [0.717, 1.165) is 26.1 Å². The third-order valence-corrected chi connectivity index (χ3v) is 4.90. The molecule has 0 spiro atoms. The summed E-state index contributed by atoms with van der Waals surface area (Å²) < 4.78 is 5.42. The topological polar surface area (TPSA) is 35.2 Å². The monoisotopic (exact) mass is 265 g/mol. The van der Waals surface area contributed by atoms with Gasteiger partial charge in [0.2, 0.25) is 0 Å². The van der Waals surface area contributed by atoms with E-state index in [1.165, 1.54) is 23.3 Å². The molecule has 0 aliphatic carbocycles. The van der Waals surface area contributed by atoms with Crippen LogP contribution in [0.15, 0.2) is 29.2 Å². The van der Waals surface area contributed by atoms with Gasteiger partial charge >= 0.3 is 0 Å². The van der Waals surface area contributed by atoms with Gasteiger partial charge in [-0.25, -0.2) is 0 Å². The number of hydrogen-bond acceptors (Lipinski definition) is 3. The van der Waals surface area contributed by atoms with Crippen LogP contribution in [0.25, 0.3) is 0 Å². The van der Waals surface area contributed by atoms with Crippen molar-refractivity contribution in [2.45, 2.75) is 48.8 Å². The van der Waals surface area contributed by atoms with E-state index >= 15 is 0 Å². The lowest BCUT2D eigenvalue weighted by molar-refractivity contribution is 0.1000. The van der Waals surface area contributed by atoms with Crippen molar-refractivity contribution in [3.8, 4) is 0 Å². The first kappa shape index (κ1) is 13.9. The molecule has 100 valence electrons. The van der Waals surface area contributed by atoms with Gasteiger partial charge in [-0.3, -0.25) is 0 Å². The Morgan fingerprint density at radius 1 is 1.33 bits per heavy atom. The highest BCUT2D eigenvalue weighted by atomic mass is 32.2. The SMILES string of the molecule is CCC(N)Cc1ccccc1SC1CCOCC1. The van der Waals surface area contributed by atoms with Crippen molar-refractivity contribution in [3.63, 3.8) is 0 Å². The van der Waals surface area contributed by atoms with Gasteiger partial charge in [0, 0.05) is 29.4 Å². The number of ether oxygens (including phenoxy) is 1. The molecule has 1 unspecified atom stereocenters. The minimum absolute atomic E-state index is 0.279. The average Bonchev–Trinajstić information content (AvgIpc) is 2.42. The highest BCUT2D eigenvalue weighted by Crippen LogP contribution is 2.32. The highest BCUT2D eigenvalue weighted by molar-refractivity contribution is 8.00. The molecule has 1 heterocycles. The fourth-order valence-electron chi connectivity index (χ4n) is 2.19. The van der Waals surface area contributed by atoms with E-state index in [9.17, 15) is 0 Å². The molecule has 1 saturated heterocycles. The van der Waals surface area contributed by atoms with E-state index in [1.807, 2.05) is 11.8 Å². The Bertz CT molecular complexity index is 363. The Kier molecular flexibility index (Phi) is 5.54. The summed E-state index contributed by atoms with van der Waals surface area (Å²) in [5.74, 6) is 0. The van der Waals surface area contributed by atoms with Crippen molar-refractivity contribution in [2.24, 2.45) is 5.73 Å². The number of rotatable bonds is 5. The van der Waals surface area contributed by atoms with Crippen LogP contribution in [0.3, 0.4) is 0 Å². The normalized spacial score (nSPS) is 18.8. The van der Waals surface area contributed by atoms with Gasteiger partial charge in [0.1, 0.15) is 0 Å². The minimum Gasteiger partial charge on any atom is -0.381 e. The Labute approximate surface area is 114 Å². The van der Waals surface area contributed by atoms with Crippen LogP contribution in [-0.4, -0.2) is 24.5 Å². The summed E-state index contributed by atoms with van der Waals surface area (Å²) in [4.78, 5) is 1.41. The Balaban J connectivity index is 2.01. The molecule has 2 N–H and O–H groups in total. The largest absolute Gasteiger partial charge is 0.381 e. The Morgan fingerprint density at radius 2 is 2.06 bits per heavy atom. The maximum absolute atomic E-state index is 6.08. The maximum Gasteiger partial charge on any atom is 0.0476 e. The zero-order valence-electron chi connectivity index (χ0n) is 11.1. The molecule has 0 bridgehead atoms. The van der Waals surface area contributed by atoms with Crippen LogP contribution in [0.1, 0.15) is 31.7 Å². The third-order valence-electron chi connectivity index (χ3n) is 3.44. The predicted octanol–water partition coefficient (Wildman–Crippen LogP) is 3.24. The molecule has 18 heavy (non-hydrogen) atoms. The lowest BCUT2D eigenvalue weighted by Gasteiger charge is -2.23. The number of benzene rings is 1. The van der Waals surface area contributed by atoms with Crippen molar-refractivity contribution in [1.82, 2.24) is 0 Å². The predicted molar refractivity (Wildman–Crippen MR) is 78.1 cm³/mol. The molecule has 2 rings (SSSR count). The second-order valence-electron chi connectivity index (χ2n) is 4.91. The van der Waals surface area contributed by atoms with Crippen LogP contribution >= 0.6 is 11.8 Å². The van der Waals surface area contributed by atoms with E-state index in [-0.39, 0.29) is 6.04 Å². The summed E-state index contributed by atoms with van der Waals surface area (Å²) in [7, 11) is 0. The molecular weight excluding hydrogens is 242 g/mol. The van der Waals surface area contributed by atoms with Crippen molar-refractivity contribution < 1.29 is 4.74 Å². The summed E-state index contributed by atoms with van der Waals surface area (Å²) in [6.45, 7) is 3.97. The first-order valence-corrected chi connectivity index (χ1v) is 7.75. The van der Waals surface area contributed by atoms with Crippen molar-refractivity contribution >= 4 is 11.8 Å². The molecule has 0 radical (unpaired) electrons.